The van der Waals surface area contributed by atoms with Crippen LogP contribution in [0, 0.1) is 5.92 Å². The second-order valence-electron chi connectivity index (χ2n) is 3.50. The Morgan fingerprint density at radius 1 is 1.73 bits per heavy atom. The first-order valence-corrected chi connectivity index (χ1v) is 5.84. The molecule has 1 aromatic rings. The molecule has 82 valence electrons. The fourth-order valence-electron chi connectivity index (χ4n) is 1.62. The zero-order valence-corrected chi connectivity index (χ0v) is 9.37. The highest BCUT2D eigenvalue weighted by Gasteiger charge is 2.30. The van der Waals surface area contributed by atoms with E-state index in [1.54, 1.807) is 5.51 Å². The lowest BCUT2D eigenvalue weighted by Crippen LogP contribution is -2.47. The molecule has 1 aliphatic heterocycles. The summed E-state index contributed by atoms with van der Waals surface area (Å²) < 4.78 is 4.89. The Bertz CT molecular complexity index is 322. The monoisotopic (exact) mass is 227 g/mol. The molecule has 0 amide bonds. The first-order valence-electron chi connectivity index (χ1n) is 4.96. The summed E-state index contributed by atoms with van der Waals surface area (Å²) in [5.41, 5.74) is 1.72. The zero-order chi connectivity index (χ0) is 10.7. The van der Waals surface area contributed by atoms with Gasteiger partial charge < -0.3 is 9.64 Å². The van der Waals surface area contributed by atoms with Crippen molar-refractivity contribution in [1.82, 2.24) is 10.2 Å². The first kappa shape index (κ1) is 10.4. The van der Waals surface area contributed by atoms with Gasteiger partial charge >= 0.3 is 5.97 Å². The van der Waals surface area contributed by atoms with E-state index in [0.717, 1.165) is 18.2 Å². The molecular weight excluding hydrogens is 214 g/mol. The summed E-state index contributed by atoms with van der Waals surface area (Å²) in [4.78, 5) is 13.3. The molecule has 0 aliphatic carbocycles. The highest BCUT2D eigenvalue weighted by molar-refractivity contribution is 7.13. The Labute approximate surface area is 92.1 Å². The van der Waals surface area contributed by atoms with Crippen LogP contribution in [0.3, 0.4) is 0 Å². The number of carbonyl (C=O) groups is 1. The molecule has 0 aromatic carbocycles. The van der Waals surface area contributed by atoms with Crippen molar-refractivity contribution in [2.45, 2.75) is 13.3 Å². The highest BCUT2D eigenvalue weighted by atomic mass is 32.1. The van der Waals surface area contributed by atoms with Crippen LogP contribution in [0.25, 0.3) is 0 Å². The molecule has 0 bridgehead atoms. The molecule has 0 unspecified atom stereocenters. The lowest BCUT2D eigenvalue weighted by Gasteiger charge is -2.38. The molecule has 0 N–H and O–H groups in total. The van der Waals surface area contributed by atoms with Gasteiger partial charge in [-0.2, -0.15) is 0 Å². The van der Waals surface area contributed by atoms with Crippen molar-refractivity contribution < 1.29 is 9.53 Å². The minimum absolute atomic E-state index is 0.0978. The van der Waals surface area contributed by atoms with Gasteiger partial charge in [0.05, 0.1) is 13.0 Å². The van der Waals surface area contributed by atoms with Gasteiger partial charge in [-0.25, -0.2) is 0 Å². The maximum absolute atomic E-state index is 11.2. The van der Waals surface area contributed by atoms with E-state index >= 15 is 0 Å². The summed E-state index contributed by atoms with van der Waals surface area (Å²) in [6, 6.07) is 0. The third-order valence-electron chi connectivity index (χ3n) is 2.34. The average Bonchev–Trinajstić information content (AvgIpc) is 2.63. The Kier molecular flexibility index (Phi) is 3.15. The van der Waals surface area contributed by atoms with E-state index in [-0.39, 0.29) is 5.97 Å². The van der Waals surface area contributed by atoms with Crippen LogP contribution < -0.4 is 4.90 Å². The van der Waals surface area contributed by atoms with Gasteiger partial charge in [-0.15, -0.1) is 10.2 Å². The number of hydrogen-bond acceptors (Lipinski definition) is 6. The number of carbonyl (C=O) groups excluding carboxylic acids is 1. The quantitative estimate of drug-likeness (QED) is 0.716. The van der Waals surface area contributed by atoms with Crippen LogP contribution in [0.2, 0.25) is 0 Å². The molecular formula is C9H13N3O2S. The molecule has 1 aromatic heterocycles. The average molecular weight is 227 g/mol. The van der Waals surface area contributed by atoms with Gasteiger partial charge in [0.2, 0.25) is 5.13 Å². The summed E-state index contributed by atoms with van der Waals surface area (Å²) >= 11 is 1.53. The van der Waals surface area contributed by atoms with Crippen molar-refractivity contribution in [3.63, 3.8) is 0 Å². The molecule has 1 aliphatic rings. The summed E-state index contributed by atoms with van der Waals surface area (Å²) in [6.07, 6.45) is 0.517. The summed E-state index contributed by atoms with van der Waals surface area (Å²) in [6.45, 7) is 4.06. The maximum Gasteiger partial charge on any atom is 0.306 e. The van der Waals surface area contributed by atoms with Gasteiger partial charge in [0.15, 0.2) is 0 Å². The van der Waals surface area contributed by atoms with Crippen LogP contribution in [0.15, 0.2) is 5.51 Å². The molecule has 0 spiro atoms. The normalized spacial score (nSPS) is 16.2. The summed E-state index contributed by atoms with van der Waals surface area (Å²) in [5, 5.41) is 8.68. The molecule has 2 rings (SSSR count). The molecule has 1 fully saturated rings. The van der Waals surface area contributed by atoms with E-state index in [1.807, 2.05) is 6.92 Å². The molecule has 2 heterocycles. The van der Waals surface area contributed by atoms with Gasteiger partial charge in [-0.1, -0.05) is 11.3 Å². The number of esters is 1. The Balaban J connectivity index is 1.72. The smallest absolute Gasteiger partial charge is 0.306 e. The Hall–Kier alpha value is -1.17. The van der Waals surface area contributed by atoms with Gasteiger partial charge in [-0.05, 0) is 6.92 Å². The largest absolute Gasteiger partial charge is 0.466 e. The fraction of sp³-hybridized carbons (Fsp3) is 0.667. The van der Waals surface area contributed by atoms with Crippen LogP contribution >= 0.6 is 11.3 Å². The molecule has 0 atom stereocenters. The molecule has 15 heavy (non-hydrogen) atoms. The number of hydrogen-bond donors (Lipinski definition) is 0. The second kappa shape index (κ2) is 4.57. The van der Waals surface area contributed by atoms with Crippen molar-refractivity contribution in [2.75, 3.05) is 24.6 Å². The first-order chi connectivity index (χ1) is 7.29. The predicted molar refractivity (Wildman–Crippen MR) is 56.9 cm³/mol. The topological polar surface area (TPSA) is 55.3 Å². The number of ether oxygens (including phenoxy) is 1. The number of rotatable bonds is 4. The van der Waals surface area contributed by atoms with Gasteiger partial charge in [0.1, 0.15) is 5.51 Å². The van der Waals surface area contributed by atoms with Crippen LogP contribution in [-0.4, -0.2) is 35.9 Å². The number of aromatic nitrogens is 2. The van der Waals surface area contributed by atoms with Gasteiger partial charge in [-0.3, -0.25) is 4.79 Å². The van der Waals surface area contributed by atoms with E-state index in [0.29, 0.717) is 18.9 Å². The Morgan fingerprint density at radius 2 is 2.53 bits per heavy atom. The van der Waals surface area contributed by atoms with Crippen molar-refractivity contribution in [2.24, 2.45) is 5.92 Å². The van der Waals surface area contributed by atoms with Gasteiger partial charge in [0.25, 0.3) is 0 Å². The third-order valence-corrected chi connectivity index (χ3v) is 3.09. The lowest BCUT2D eigenvalue weighted by atomic mass is 9.97. The molecule has 0 saturated carbocycles. The summed E-state index contributed by atoms with van der Waals surface area (Å²) in [7, 11) is 0. The van der Waals surface area contributed by atoms with E-state index < -0.39 is 0 Å². The van der Waals surface area contributed by atoms with Gasteiger partial charge in [0, 0.05) is 19.0 Å². The van der Waals surface area contributed by atoms with E-state index in [4.69, 9.17) is 4.74 Å². The van der Waals surface area contributed by atoms with Crippen molar-refractivity contribution in [3.8, 4) is 0 Å². The lowest BCUT2D eigenvalue weighted by molar-refractivity contribution is -0.144. The highest BCUT2D eigenvalue weighted by Crippen LogP contribution is 2.27. The predicted octanol–water partition coefficient (Wildman–Crippen LogP) is 0.927. The van der Waals surface area contributed by atoms with Crippen LogP contribution in [0.5, 0.6) is 0 Å². The van der Waals surface area contributed by atoms with E-state index in [1.165, 1.54) is 11.3 Å². The maximum atomic E-state index is 11.2. The molecule has 1 saturated heterocycles. The van der Waals surface area contributed by atoms with Crippen molar-refractivity contribution >= 4 is 22.4 Å². The third kappa shape index (κ3) is 2.44. The minimum atomic E-state index is -0.0978. The second-order valence-corrected chi connectivity index (χ2v) is 4.31. The molecule has 5 nitrogen and oxygen atoms in total. The van der Waals surface area contributed by atoms with Crippen LogP contribution in [0.4, 0.5) is 5.13 Å². The van der Waals surface area contributed by atoms with E-state index in [9.17, 15) is 4.79 Å². The van der Waals surface area contributed by atoms with Crippen LogP contribution in [0.1, 0.15) is 13.3 Å². The molecule has 0 radical (unpaired) electrons. The minimum Gasteiger partial charge on any atom is -0.466 e. The SMILES string of the molecule is CCOC(=O)CC1CN(c2nncs2)C1. The fourth-order valence-corrected chi connectivity index (χ4v) is 2.20. The standard InChI is InChI=1S/C9H13N3O2S/c1-2-14-8(13)3-7-4-12(5-7)9-11-10-6-15-9/h6-7H,2-5H2,1H3. The zero-order valence-electron chi connectivity index (χ0n) is 8.55. The van der Waals surface area contributed by atoms with Crippen molar-refractivity contribution in [3.05, 3.63) is 5.51 Å². The van der Waals surface area contributed by atoms with Crippen LogP contribution in [-0.2, 0) is 9.53 Å². The van der Waals surface area contributed by atoms with Crippen molar-refractivity contribution in [1.29, 1.82) is 0 Å². The Morgan fingerprint density at radius 3 is 3.13 bits per heavy atom. The molecule has 6 heteroatoms. The number of nitrogens with zero attached hydrogens (tertiary/aromatic N) is 3. The van der Waals surface area contributed by atoms with E-state index in [2.05, 4.69) is 15.1 Å². The summed E-state index contributed by atoms with van der Waals surface area (Å²) in [5.74, 6) is 0.312. The number of anilines is 1.